The van der Waals surface area contributed by atoms with Gasteiger partial charge in [-0.1, -0.05) is 42.8 Å². The molecule has 0 aliphatic carbocycles. The zero-order valence-electron chi connectivity index (χ0n) is 13.1. The molecule has 4 rings (SSSR count). The molecule has 3 heteroatoms. The number of anilines is 1. The van der Waals surface area contributed by atoms with Crippen molar-refractivity contribution in [3.63, 3.8) is 0 Å². The van der Waals surface area contributed by atoms with E-state index in [0.717, 1.165) is 24.7 Å². The Morgan fingerprint density at radius 1 is 1.00 bits per heavy atom. The van der Waals surface area contributed by atoms with Crippen LogP contribution in [0.15, 0.2) is 42.5 Å². The summed E-state index contributed by atoms with van der Waals surface area (Å²) in [5.74, 6) is 0.582. The Hall–Kier alpha value is -1.51. The first-order chi connectivity index (χ1) is 10.6. The first-order valence-electron chi connectivity index (χ1n) is 7.98. The van der Waals surface area contributed by atoms with Gasteiger partial charge < -0.3 is 4.90 Å². The van der Waals surface area contributed by atoms with Crippen LogP contribution in [-0.2, 0) is 0 Å². The Morgan fingerprint density at radius 3 is 2.59 bits per heavy atom. The minimum absolute atomic E-state index is 0.325. The fraction of sp³-hybridized carbons (Fsp3) is 0.368. The van der Waals surface area contributed by atoms with Gasteiger partial charge in [-0.2, -0.15) is 0 Å². The Kier molecular flexibility index (Phi) is 3.39. The molecule has 0 saturated carbocycles. The second-order valence-corrected chi connectivity index (χ2v) is 6.99. The summed E-state index contributed by atoms with van der Waals surface area (Å²) in [5, 5.41) is 0.824. The first kappa shape index (κ1) is 14.1. The van der Waals surface area contributed by atoms with Gasteiger partial charge in [0, 0.05) is 37.4 Å². The van der Waals surface area contributed by atoms with Crippen molar-refractivity contribution in [1.29, 1.82) is 0 Å². The van der Waals surface area contributed by atoms with Crippen molar-refractivity contribution in [2.45, 2.75) is 18.9 Å². The maximum absolute atomic E-state index is 6.33. The van der Waals surface area contributed by atoms with Crippen LogP contribution in [0.25, 0.3) is 0 Å². The molecule has 2 aromatic carbocycles. The van der Waals surface area contributed by atoms with Crippen LogP contribution in [0.4, 0.5) is 5.69 Å². The van der Waals surface area contributed by atoms with Crippen LogP contribution in [0.2, 0.25) is 5.02 Å². The molecule has 0 amide bonds. The lowest BCUT2D eigenvalue weighted by Crippen LogP contribution is -2.39. The van der Waals surface area contributed by atoms with Crippen molar-refractivity contribution in [3.05, 3.63) is 64.2 Å². The largest absolute Gasteiger partial charge is 0.373 e. The molecule has 0 spiro atoms. The second-order valence-electron chi connectivity index (χ2n) is 6.55. The van der Waals surface area contributed by atoms with Crippen LogP contribution in [-0.4, -0.2) is 31.6 Å². The summed E-state index contributed by atoms with van der Waals surface area (Å²) in [6.45, 7) is 5.59. The standard InChI is InChI=1S/C19H21ClN2/c1-13-12-22-10-9-21(2)18-8-7-14(20)11-17(18)19(22)16-6-4-3-5-15(13)16/h3-8,11,13,19H,9-10,12H2,1-2H3. The number of nitrogens with zero attached hydrogens (tertiary/aromatic N) is 2. The van der Waals surface area contributed by atoms with E-state index in [1.54, 1.807) is 0 Å². The number of likely N-dealkylation sites (N-methyl/N-ethyl adjacent to an activating group) is 1. The summed E-state index contributed by atoms with van der Waals surface area (Å²) in [6, 6.07) is 15.6. The first-order valence-corrected chi connectivity index (χ1v) is 8.36. The van der Waals surface area contributed by atoms with Gasteiger partial charge in [0.2, 0.25) is 0 Å². The van der Waals surface area contributed by atoms with Crippen molar-refractivity contribution in [1.82, 2.24) is 4.90 Å². The number of hydrogen-bond donors (Lipinski definition) is 0. The zero-order chi connectivity index (χ0) is 15.3. The molecule has 2 nitrogen and oxygen atoms in total. The average molecular weight is 313 g/mol. The van der Waals surface area contributed by atoms with E-state index in [9.17, 15) is 0 Å². The Bertz CT molecular complexity index is 712. The lowest BCUT2D eigenvalue weighted by molar-refractivity contribution is 0.207. The maximum atomic E-state index is 6.33. The van der Waals surface area contributed by atoms with E-state index in [1.807, 2.05) is 6.07 Å². The van der Waals surface area contributed by atoms with E-state index in [2.05, 4.69) is 60.2 Å². The zero-order valence-corrected chi connectivity index (χ0v) is 13.8. The van der Waals surface area contributed by atoms with Crippen molar-refractivity contribution < 1.29 is 0 Å². The van der Waals surface area contributed by atoms with E-state index >= 15 is 0 Å². The monoisotopic (exact) mass is 312 g/mol. The summed E-state index contributed by atoms with van der Waals surface area (Å²) in [6.07, 6.45) is 0. The topological polar surface area (TPSA) is 6.48 Å². The molecule has 2 unspecified atom stereocenters. The third-order valence-corrected chi connectivity index (χ3v) is 5.35. The van der Waals surface area contributed by atoms with E-state index in [0.29, 0.717) is 12.0 Å². The van der Waals surface area contributed by atoms with Gasteiger partial charge in [0.15, 0.2) is 0 Å². The highest BCUT2D eigenvalue weighted by Gasteiger charge is 2.35. The normalized spacial score (nSPS) is 24.2. The molecule has 2 aliphatic heterocycles. The van der Waals surface area contributed by atoms with Gasteiger partial charge in [-0.3, -0.25) is 4.90 Å². The fourth-order valence-electron chi connectivity index (χ4n) is 4.04. The van der Waals surface area contributed by atoms with Gasteiger partial charge >= 0.3 is 0 Å². The molecular formula is C19H21ClN2. The molecule has 22 heavy (non-hydrogen) atoms. The van der Waals surface area contributed by atoms with Crippen LogP contribution >= 0.6 is 11.6 Å². The lowest BCUT2D eigenvalue weighted by Gasteiger charge is -2.39. The summed E-state index contributed by atoms with van der Waals surface area (Å²) in [4.78, 5) is 4.98. The quantitative estimate of drug-likeness (QED) is 0.715. The smallest absolute Gasteiger partial charge is 0.0626 e. The lowest BCUT2D eigenvalue weighted by atomic mass is 9.83. The summed E-state index contributed by atoms with van der Waals surface area (Å²) in [5.41, 5.74) is 5.58. The molecule has 0 fully saturated rings. The number of benzene rings is 2. The highest BCUT2D eigenvalue weighted by Crippen LogP contribution is 2.44. The van der Waals surface area contributed by atoms with Gasteiger partial charge in [0.05, 0.1) is 6.04 Å². The van der Waals surface area contributed by atoms with Crippen LogP contribution in [0, 0.1) is 0 Å². The summed E-state index contributed by atoms with van der Waals surface area (Å²) < 4.78 is 0. The van der Waals surface area contributed by atoms with E-state index < -0.39 is 0 Å². The van der Waals surface area contributed by atoms with Gasteiger partial charge in [0.25, 0.3) is 0 Å². The molecular weight excluding hydrogens is 292 g/mol. The number of halogens is 1. The number of rotatable bonds is 0. The molecule has 2 heterocycles. The fourth-order valence-corrected chi connectivity index (χ4v) is 4.22. The number of fused-ring (bicyclic) bond motifs is 5. The maximum Gasteiger partial charge on any atom is 0.0626 e. The molecule has 2 aromatic rings. The molecule has 114 valence electrons. The average Bonchev–Trinajstić information content (AvgIpc) is 2.65. The number of hydrogen-bond acceptors (Lipinski definition) is 2. The van der Waals surface area contributed by atoms with Crippen LogP contribution in [0.1, 0.15) is 35.6 Å². The van der Waals surface area contributed by atoms with E-state index in [1.165, 1.54) is 22.4 Å². The van der Waals surface area contributed by atoms with Crippen molar-refractivity contribution in [2.24, 2.45) is 0 Å². The van der Waals surface area contributed by atoms with Gasteiger partial charge in [-0.25, -0.2) is 0 Å². The Labute approximate surface area is 137 Å². The van der Waals surface area contributed by atoms with Gasteiger partial charge in [0.1, 0.15) is 0 Å². The SMILES string of the molecule is CC1CN2CCN(C)c3ccc(Cl)cc3C2c2ccccc21. The molecule has 2 atom stereocenters. The minimum atomic E-state index is 0.325. The third-order valence-electron chi connectivity index (χ3n) is 5.11. The Morgan fingerprint density at radius 2 is 1.77 bits per heavy atom. The van der Waals surface area contributed by atoms with Crippen molar-refractivity contribution in [2.75, 3.05) is 31.6 Å². The minimum Gasteiger partial charge on any atom is -0.373 e. The molecule has 2 aliphatic rings. The summed E-state index contributed by atoms with van der Waals surface area (Å²) >= 11 is 6.33. The van der Waals surface area contributed by atoms with Gasteiger partial charge in [-0.15, -0.1) is 0 Å². The van der Waals surface area contributed by atoms with Crippen LogP contribution in [0.5, 0.6) is 0 Å². The molecule has 0 aromatic heterocycles. The molecule has 0 radical (unpaired) electrons. The van der Waals surface area contributed by atoms with Crippen LogP contribution in [0.3, 0.4) is 0 Å². The molecule has 0 bridgehead atoms. The van der Waals surface area contributed by atoms with Crippen molar-refractivity contribution >= 4 is 17.3 Å². The van der Waals surface area contributed by atoms with E-state index in [-0.39, 0.29) is 0 Å². The third kappa shape index (κ3) is 2.13. The predicted octanol–water partition coefficient (Wildman–Crippen LogP) is 4.30. The highest BCUT2D eigenvalue weighted by atomic mass is 35.5. The second kappa shape index (κ2) is 5.29. The highest BCUT2D eigenvalue weighted by molar-refractivity contribution is 6.30. The molecule has 0 saturated heterocycles. The van der Waals surface area contributed by atoms with E-state index in [4.69, 9.17) is 11.6 Å². The molecule has 0 N–H and O–H groups in total. The summed E-state index contributed by atoms with van der Waals surface area (Å²) in [7, 11) is 2.18. The Balaban J connectivity index is 1.95. The predicted molar refractivity (Wildman–Crippen MR) is 93.0 cm³/mol. The van der Waals surface area contributed by atoms with Crippen LogP contribution < -0.4 is 4.90 Å². The van der Waals surface area contributed by atoms with Gasteiger partial charge in [-0.05, 0) is 40.8 Å². The van der Waals surface area contributed by atoms with Crippen molar-refractivity contribution in [3.8, 4) is 0 Å².